The Morgan fingerprint density at radius 3 is 2.27 bits per heavy atom. The zero-order chi connectivity index (χ0) is 10.8. The summed E-state index contributed by atoms with van der Waals surface area (Å²) >= 11 is 11.7. The summed E-state index contributed by atoms with van der Waals surface area (Å²) in [4.78, 5) is 10.4. The molecule has 0 radical (unpaired) electrons. The van der Waals surface area contributed by atoms with Crippen LogP contribution in [0.3, 0.4) is 0 Å². The van der Waals surface area contributed by atoms with Crippen molar-refractivity contribution in [1.29, 1.82) is 0 Å². The van der Waals surface area contributed by atoms with Gasteiger partial charge in [0.2, 0.25) is 0 Å². The van der Waals surface area contributed by atoms with Gasteiger partial charge in [-0.25, -0.2) is 0 Å². The molecule has 0 saturated heterocycles. The van der Waals surface area contributed by atoms with E-state index in [1.807, 2.05) is 0 Å². The number of halogens is 2. The van der Waals surface area contributed by atoms with E-state index in [4.69, 9.17) is 27.6 Å². The van der Waals surface area contributed by atoms with Crippen LogP contribution in [-0.2, 0) is 0 Å². The molecule has 0 atom stereocenters. The molecule has 0 aliphatic heterocycles. The summed E-state index contributed by atoms with van der Waals surface area (Å²) in [6.45, 7) is 0. The Balaban J connectivity index is 2.48. The van der Waals surface area contributed by atoms with Crippen LogP contribution in [0.5, 0.6) is 0 Å². The number of hydrogen-bond acceptors (Lipinski definition) is 2. The number of carbonyl (C=O) groups excluding carboxylic acids is 1. The quantitative estimate of drug-likeness (QED) is 0.742. The molecule has 4 heteroatoms. The first-order valence-electron chi connectivity index (χ1n) is 4.20. The average Bonchev–Trinajstić information content (AvgIpc) is 2.64. The molecule has 0 bridgehead atoms. The molecule has 15 heavy (non-hydrogen) atoms. The highest BCUT2D eigenvalue weighted by molar-refractivity contribution is 6.35. The molecule has 0 aliphatic rings. The Bertz CT molecular complexity index is 483. The van der Waals surface area contributed by atoms with Crippen molar-refractivity contribution in [3.8, 4) is 11.3 Å². The highest BCUT2D eigenvalue weighted by Gasteiger charge is 2.06. The molecule has 2 aromatic rings. The van der Waals surface area contributed by atoms with E-state index in [1.165, 1.54) is 0 Å². The van der Waals surface area contributed by atoms with Gasteiger partial charge in [-0.05, 0) is 30.3 Å². The van der Waals surface area contributed by atoms with Crippen LogP contribution in [0.4, 0.5) is 0 Å². The van der Waals surface area contributed by atoms with E-state index in [0.29, 0.717) is 22.1 Å². The standard InChI is InChI=1S/C11H6Cl2O2/c12-8-3-7(4-9(13)5-8)11-2-1-10(6-14)15-11/h1-6H. The van der Waals surface area contributed by atoms with Gasteiger partial charge in [0, 0.05) is 15.6 Å². The third kappa shape index (κ3) is 2.22. The first-order chi connectivity index (χ1) is 7.19. The first-order valence-corrected chi connectivity index (χ1v) is 4.96. The predicted molar refractivity (Wildman–Crippen MR) is 59.6 cm³/mol. The lowest BCUT2D eigenvalue weighted by atomic mass is 10.2. The van der Waals surface area contributed by atoms with Crippen LogP contribution < -0.4 is 0 Å². The predicted octanol–water partition coefficient (Wildman–Crippen LogP) is 4.07. The van der Waals surface area contributed by atoms with Crippen LogP contribution >= 0.6 is 23.2 Å². The summed E-state index contributed by atoms with van der Waals surface area (Å²) in [6.07, 6.45) is 0.648. The van der Waals surface area contributed by atoms with Crippen molar-refractivity contribution in [2.75, 3.05) is 0 Å². The second kappa shape index (κ2) is 4.09. The molecule has 76 valence electrons. The lowest BCUT2D eigenvalue weighted by Crippen LogP contribution is -1.75. The van der Waals surface area contributed by atoms with E-state index >= 15 is 0 Å². The van der Waals surface area contributed by atoms with Crippen LogP contribution in [0, 0.1) is 0 Å². The fourth-order valence-corrected chi connectivity index (χ4v) is 1.79. The van der Waals surface area contributed by atoms with Gasteiger partial charge in [-0.15, -0.1) is 0 Å². The van der Waals surface area contributed by atoms with Crippen LogP contribution in [0.25, 0.3) is 11.3 Å². The number of hydrogen-bond donors (Lipinski definition) is 0. The third-order valence-electron chi connectivity index (χ3n) is 1.89. The molecule has 0 fully saturated rings. The summed E-state index contributed by atoms with van der Waals surface area (Å²) in [5.41, 5.74) is 0.751. The number of aldehydes is 1. The molecular weight excluding hydrogens is 235 g/mol. The molecule has 1 heterocycles. The van der Waals surface area contributed by atoms with E-state index in [2.05, 4.69) is 0 Å². The zero-order valence-corrected chi connectivity index (χ0v) is 9.05. The minimum Gasteiger partial charge on any atom is -0.453 e. The molecule has 0 spiro atoms. The minimum atomic E-state index is 0.279. The number of benzene rings is 1. The summed E-state index contributed by atoms with van der Waals surface area (Å²) in [5, 5.41) is 1.06. The second-order valence-electron chi connectivity index (χ2n) is 2.98. The van der Waals surface area contributed by atoms with Gasteiger partial charge in [0.1, 0.15) is 5.76 Å². The van der Waals surface area contributed by atoms with Crippen LogP contribution in [-0.4, -0.2) is 6.29 Å². The van der Waals surface area contributed by atoms with Gasteiger partial charge in [-0.3, -0.25) is 4.79 Å². The molecule has 0 saturated carbocycles. The van der Waals surface area contributed by atoms with Crippen molar-refractivity contribution < 1.29 is 9.21 Å². The second-order valence-corrected chi connectivity index (χ2v) is 3.85. The van der Waals surface area contributed by atoms with Crippen molar-refractivity contribution in [2.24, 2.45) is 0 Å². The third-order valence-corrected chi connectivity index (χ3v) is 2.33. The SMILES string of the molecule is O=Cc1ccc(-c2cc(Cl)cc(Cl)c2)o1. The smallest absolute Gasteiger partial charge is 0.185 e. The Labute approximate surface area is 96.4 Å². The molecule has 1 aromatic carbocycles. The van der Waals surface area contributed by atoms with E-state index < -0.39 is 0 Å². The van der Waals surface area contributed by atoms with E-state index in [9.17, 15) is 4.79 Å². The highest BCUT2D eigenvalue weighted by atomic mass is 35.5. The monoisotopic (exact) mass is 240 g/mol. The number of carbonyl (C=O) groups is 1. The average molecular weight is 241 g/mol. The van der Waals surface area contributed by atoms with E-state index in [0.717, 1.165) is 5.56 Å². The van der Waals surface area contributed by atoms with Gasteiger partial charge >= 0.3 is 0 Å². The van der Waals surface area contributed by atoms with Crippen molar-refractivity contribution >= 4 is 29.5 Å². The molecule has 0 amide bonds. The lowest BCUT2D eigenvalue weighted by molar-refractivity contribution is 0.110. The number of furan rings is 1. The van der Waals surface area contributed by atoms with Crippen LogP contribution in [0.2, 0.25) is 10.0 Å². The maximum Gasteiger partial charge on any atom is 0.185 e. The van der Waals surface area contributed by atoms with Gasteiger partial charge in [-0.2, -0.15) is 0 Å². The fourth-order valence-electron chi connectivity index (χ4n) is 1.27. The summed E-state index contributed by atoms with van der Waals surface area (Å²) in [7, 11) is 0. The Hall–Kier alpha value is -1.25. The molecule has 2 rings (SSSR count). The van der Waals surface area contributed by atoms with Gasteiger partial charge in [-0.1, -0.05) is 23.2 Å². The van der Waals surface area contributed by atoms with E-state index in [-0.39, 0.29) is 5.76 Å². The largest absolute Gasteiger partial charge is 0.453 e. The maximum atomic E-state index is 10.4. The Morgan fingerprint density at radius 2 is 1.73 bits per heavy atom. The molecule has 2 nitrogen and oxygen atoms in total. The van der Waals surface area contributed by atoms with Crippen molar-refractivity contribution in [1.82, 2.24) is 0 Å². The topological polar surface area (TPSA) is 30.2 Å². The van der Waals surface area contributed by atoms with E-state index in [1.54, 1.807) is 30.3 Å². The van der Waals surface area contributed by atoms with Gasteiger partial charge in [0.05, 0.1) is 0 Å². The summed E-state index contributed by atoms with van der Waals surface area (Å²) in [6, 6.07) is 8.38. The van der Waals surface area contributed by atoms with Gasteiger partial charge < -0.3 is 4.42 Å². The summed E-state index contributed by atoms with van der Waals surface area (Å²) < 4.78 is 5.24. The van der Waals surface area contributed by atoms with Crippen molar-refractivity contribution in [3.05, 3.63) is 46.1 Å². The van der Waals surface area contributed by atoms with Crippen LogP contribution in [0.1, 0.15) is 10.6 Å². The minimum absolute atomic E-state index is 0.279. The molecule has 0 aliphatic carbocycles. The highest BCUT2D eigenvalue weighted by Crippen LogP contribution is 2.28. The molecular formula is C11H6Cl2O2. The first kappa shape index (κ1) is 10.3. The van der Waals surface area contributed by atoms with Crippen molar-refractivity contribution in [3.63, 3.8) is 0 Å². The van der Waals surface area contributed by atoms with Crippen molar-refractivity contribution in [2.45, 2.75) is 0 Å². The molecule has 0 N–H and O–H groups in total. The van der Waals surface area contributed by atoms with Gasteiger partial charge in [0.15, 0.2) is 12.0 Å². The van der Waals surface area contributed by atoms with Gasteiger partial charge in [0.25, 0.3) is 0 Å². The lowest BCUT2D eigenvalue weighted by Gasteiger charge is -1.99. The normalized spacial score (nSPS) is 10.3. The Kier molecular flexibility index (Phi) is 2.80. The maximum absolute atomic E-state index is 10.4. The van der Waals surface area contributed by atoms with Crippen LogP contribution in [0.15, 0.2) is 34.7 Å². The molecule has 0 unspecified atom stereocenters. The number of rotatable bonds is 2. The summed E-state index contributed by atoms with van der Waals surface area (Å²) in [5.74, 6) is 0.850. The zero-order valence-electron chi connectivity index (χ0n) is 7.54. The fraction of sp³-hybridized carbons (Fsp3) is 0. The molecule has 1 aromatic heterocycles. The Morgan fingerprint density at radius 1 is 1.07 bits per heavy atom.